The van der Waals surface area contributed by atoms with Gasteiger partial charge in [0, 0.05) is 12.3 Å². The summed E-state index contributed by atoms with van der Waals surface area (Å²) >= 11 is 5.87. The summed E-state index contributed by atoms with van der Waals surface area (Å²) in [5, 5.41) is 9.07. The van der Waals surface area contributed by atoms with Crippen molar-refractivity contribution in [1.82, 2.24) is 9.97 Å². The number of nitrogens with zero attached hydrogens (tertiary/aromatic N) is 3. The van der Waals surface area contributed by atoms with Crippen molar-refractivity contribution in [2.45, 2.75) is 0 Å². The van der Waals surface area contributed by atoms with Crippen molar-refractivity contribution >= 4 is 11.6 Å². The molecular weight excluding hydrogens is 226 g/mol. The van der Waals surface area contributed by atoms with Crippen molar-refractivity contribution in [2.75, 3.05) is 0 Å². The maximum absolute atomic E-state index is 8.67. The largest absolute Gasteiger partial charge is 0.419 e. The average Bonchev–Trinajstić information content (AvgIpc) is 2.32. The van der Waals surface area contributed by atoms with Gasteiger partial charge in [-0.3, -0.25) is 0 Å². The smallest absolute Gasteiger partial charge is 0.240 e. The first-order valence-electron chi connectivity index (χ1n) is 4.45. The normalized spacial score (nSPS) is 9.50. The van der Waals surface area contributed by atoms with E-state index in [1.807, 2.05) is 6.07 Å². The molecule has 5 heteroatoms. The van der Waals surface area contributed by atoms with Gasteiger partial charge in [-0.2, -0.15) is 5.26 Å². The quantitative estimate of drug-likeness (QED) is 0.797. The minimum atomic E-state index is 0.270. The van der Waals surface area contributed by atoms with Gasteiger partial charge in [-0.15, -0.1) is 0 Å². The van der Waals surface area contributed by atoms with Crippen LogP contribution in [0, 0.1) is 11.3 Å². The van der Waals surface area contributed by atoms with Crippen molar-refractivity contribution < 1.29 is 4.74 Å². The second kappa shape index (κ2) is 4.60. The maximum Gasteiger partial charge on any atom is 0.240 e. The Morgan fingerprint density at radius 1 is 1.25 bits per heavy atom. The number of hydrogen-bond donors (Lipinski definition) is 0. The molecule has 0 unspecified atom stereocenters. The van der Waals surface area contributed by atoms with Crippen LogP contribution in [0.15, 0.2) is 36.5 Å². The van der Waals surface area contributed by atoms with Crippen LogP contribution >= 0.6 is 11.6 Å². The van der Waals surface area contributed by atoms with Gasteiger partial charge in [-0.05, 0) is 18.2 Å². The predicted molar refractivity (Wildman–Crippen MR) is 58.3 cm³/mol. The molecule has 0 fully saturated rings. The summed E-state index contributed by atoms with van der Waals surface area (Å²) in [6.45, 7) is 0. The van der Waals surface area contributed by atoms with E-state index in [0.717, 1.165) is 0 Å². The molecule has 0 aromatic carbocycles. The van der Waals surface area contributed by atoms with E-state index in [0.29, 0.717) is 10.9 Å². The number of aromatic nitrogens is 2. The first-order valence-corrected chi connectivity index (χ1v) is 4.83. The molecule has 0 bridgehead atoms. The van der Waals surface area contributed by atoms with E-state index in [1.165, 1.54) is 0 Å². The molecule has 0 atom stereocenters. The number of hydrogen-bond acceptors (Lipinski definition) is 4. The minimum absolute atomic E-state index is 0.270. The lowest BCUT2D eigenvalue weighted by Crippen LogP contribution is -1.92. The third-order valence-corrected chi connectivity index (χ3v) is 2.05. The van der Waals surface area contributed by atoms with Crippen LogP contribution in [-0.2, 0) is 0 Å². The Hall–Kier alpha value is -2.12. The standard InChI is InChI=1S/C11H6ClN3O/c12-9-4-2-6-14-11(9)16-10-5-1-3-8(7-13)15-10/h1-6H. The summed E-state index contributed by atoms with van der Waals surface area (Å²) in [6.07, 6.45) is 1.56. The second-order valence-corrected chi connectivity index (χ2v) is 3.27. The average molecular weight is 232 g/mol. The fraction of sp³-hybridized carbons (Fsp3) is 0. The molecule has 0 spiro atoms. The van der Waals surface area contributed by atoms with Gasteiger partial charge in [-0.25, -0.2) is 9.97 Å². The third-order valence-electron chi connectivity index (χ3n) is 1.76. The van der Waals surface area contributed by atoms with Crippen molar-refractivity contribution in [3.63, 3.8) is 0 Å². The van der Waals surface area contributed by atoms with Crippen LogP contribution in [0.1, 0.15) is 5.69 Å². The lowest BCUT2D eigenvalue weighted by molar-refractivity contribution is 0.444. The Labute approximate surface area is 97.1 Å². The third kappa shape index (κ3) is 2.27. The molecule has 2 rings (SSSR count). The SMILES string of the molecule is N#Cc1cccc(Oc2ncccc2Cl)n1. The van der Waals surface area contributed by atoms with Crippen LogP contribution in [0.5, 0.6) is 11.8 Å². The second-order valence-electron chi connectivity index (χ2n) is 2.87. The van der Waals surface area contributed by atoms with E-state index in [2.05, 4.69) is 9.97 Å². The first-order chi connectivity index (χ1) is 7.79. The highest BCUT2D eigenvalue weighted by Crippen LogP contribution is 2.24. The molecule has 0 saturated heterocycles. The number of ether oxygens (including phenoxy) is 1. The number of nitriles is 1. The topological polar surface area (TPSA) is 58.8 Å². The molecule has 2 heterocycles. The molecule has 78 valence electrons. The Kier molecular flexibility index (Phi) is 2.99. The van der Waals surface area contributed by atoms with Crippen molar-refractivity contribution in [2.24, 2.45) is 0 Å². The highest BCUT2D eigenvalue weighted by atomic mass is 35.5. The molecule has 0 aliphatic carbocycles. The number of halogens is 1. The summed E-state index contributed by atoms with van der Waals surface area (Å²) in [7, 11) is 0. The Morgan fingerprint density at radius 2 is 2.12 bits per heavy atom. The van der Waals surface area contributed by atoms with Crippen LogP contribution < -0.4 is 4.74 Å². The molecule has 0 radical (unpaired) electrons. The zero-order chi connectivity index (χ0) is 11.4. The predicted octanol–water partition coefficient (Wildman–Crippen LogP) is 2.79. The molecule has 0 amide bonds. The fourth-order valence-corrected chi connectivity index (χ4v) is 1.24. The Morgan fingerprint density at radius 3 is 2.88 bits per heavy atom. The van der Waals surface area contributed by atoms with Crippen LogP contribution in [0.25, 0.3) is 0 Å². The van der Waals surface area contributed by atoms with E-state index in [4.69, 9.17) is 21.6 Å². The van der Waals surface area contributed by atoms with E-state index in [9.17, 15) is 0 Å². The monoisotopic (exact) mass is 231 g/mol. The first kappa shape index (κ1) is 10.4. The fourth-order valence-electron chi connectivity index (χ4n) is 1.08. The van der Waals surface area contributed by atoms with E-state index >= 15 is 0 Å². The summed E-state index contributed by atoms with van der Waals surface area (Å²) in [5.74, 6) is 0.561. The Balaban J connectivity index is 2.28. The van der Waals surface area contributed by atoms with Gasteiger partial charge in [0.05, 0.1) is 0 Å². The van der Waals surface area contributed by atoms with Gasteiger partial charge in [0.15, 0.2) is 0 Å². The molecule has 0 aliphatic heterocycles. The molecule has 0 saturated carbocycles. The number of pyridine rings is 2. The summed E-state index contributed by atoms with van der Waals surface area (Å²) < 4.78 is 5.35. The van der Waals surface area contributed by atoms with Crippen LogP contribution in [0.2, 0.25) is 5.02 Å². The van der Waals surface area contributed by atoms with Crippen molar-refractivity contribution in [3.05, 3.63) is 47.2 Å². The van der Waals surface area contributed by atoms with Gasteiger partial charge >= 0.3 is 0 Å². The van der Waals surface area contributed by atoms with Crippen LogP contribution in [0.4, 0.5) is 0 Å². The molecule has 2 aromatic rings. The highest BCUT2D eigenvalue weighted by Gasteiger charge is 2.04. The molecule has 4 nitrogen and oxygen atoms in total. The van der Waals surface area contributed by atoms with Crippen molar-refractivity contribution in [3.8, 4) is 17.8 Å². The highest BCUT2D eigenvalue weighted by molar-refractivity contribution is 6.31. The Bertz CT molecular complexity index is 551. The minimum Gasteiger partial charge on any atom is -0.419 e. The summed E-state index contributed by atoms with van der Waals surface area (Å²) in [4.78, 5) is 7.90. The lowest BCUT2D eigenvalue weighted by atomic mass is 10.4. The van der Waals surface area contributed by atoms with Crippen LogP contribution in [-0.4, -0.2) is 9.97 Å². The van der Waals surface area contributed by atoms with Gasteiger partial charge < -0.3 is 4.74 Å². The van der Waals surface area contributed by atoms with Gasteiger partial charge in [-0.1, -0.05) is 17.7 Å². The van der Waals surface area contributed by atoms with Gasteiger partial charge in [0.25, 0.3) is 0 Å². The number of rotatable bonds is 2. The maximum atomic E-state index is 8.67. The lowest BCUT2D eigenvalue weighted by Gasteiger charge is -2.04. The van der Waals surface area contributed by atoms with E-state index in [1.54, 1.807) is 36.5 Å². The molecule has 2 aromatic heterocycles. The zero-order valence-corrected chi connectivity index (χ0v) is 8.85. The van der Waals surface area contributed by atoms with Gasteiger partial charge in [0.1, 0.15) is 16.8 Å². The van der Waals surface area contributed by atoms with E-state index < -0.39 is 0 Å². The van der Waals surface area contributed by atoms with Gasteiger partial charge in [0.2, 0.25) is 11.8 Å². The molecule has 0 aliphatic rings. The van der Waals surface area contributed by atoms with Crippen LogP contribution in [0.3, 0.4) is 0 Å². The molecule has 0 N–H and O–H groups in total. The summed E-state index contributed by atoms with van der Waals surface area (Å²) in [6, 6.07) is 10.2. The van der Waals surface area contributed by atoms with E-state index in [-0.39, 0.29) is 11.6 Å². The zero-order valence-electron chi connectivity index (χ0n) is 8.09. The molecule has 16 heavy (non-hydrogen) atoms. The summed E-state index contributed by atoms with van der Waals surface area (Å²) in [5.41, 5.74) is 0.282. The van der Waals surface area contributed by atoms with Crippen molar-refractivity contribution in [1.29, 1.82) is 5.26 Å². The molecular formula is C11H6ClN3O.